The van der Waals surface area contributed by atoms with Crippen LogP contribution in [0.1, 0.15) is 35.8 Å². The zero-order chi connectivity index (χ0) is 21.0. The zero-order valence-electron chi connectivity index (χ0n) is 16.6. The van der Waals surface area contributed by atoms with Crippen LogP contribution in [0, 0.1) is 11.6 Å². The number of carbonyl (C=O) groups excluding carboxylic acids is 2. The van der Waals surface area contributed by atoms with Gasteiger partial charge in [-0.1, -0.05) is 6.07 Å². The molecule has 7 heteroatoms. The average Bonchev–Trinajstić information content (AvgIpc) is 2.68. The molecule has 0 radical (unpaired) electrons. The highest BCUT2D eigenvalue weighted by atomic mass is 19.1. The second-order valence-electron chi connectivity index (χ2n) is 7.32. The molecule has 1 fully saturated rings. The van der Waals surface area contributed by atoms with E-state index < -0.39 is 17.7 Å². The van der Waals surface area contributed by atoms with Crippen molar-refractivity contribution in [3.05, 3.63) is 65.2 Å². The standard InChI is InChI=1S/C22H25F2N3O2/c1-15(20-8-5-18(23)13-21(20)24)25-22(29)14-26-9-11-27(12-10-26)19-6-3-17(4-7-19)16(2)28/h3-8,13,15H,9-12,14H2,1-2H3,(H,25,29)/t15-/m0/s1. The van der Waals surface area contributed by atoms with Gasteiger partial charge in [-0.3, -0.25) is 14.5 Å². The van der Waals surface area contributed by atoms with E-state index in [4.69, 9.17) is 0 Å². The average molecular weight is 401 g/mol. The minimum absolute atomic E-state index is 0.0436. The Labute approximate surface area is 169 Å². The van der Waals surface area contributed by atoms with E-state index in [-0.39, 0.29) is 23.8 Å². The maximum Gasteiger partial charge on any atom is 0.234 e. The molecule has 1 saturated heterocycles. The number of hydrogen-bond acceptors (Lipinski definition) is 4. The van der Waals surface area contributed by atoms with Gasteiger partial charge in [0.2, 0.25) is 5.91 Å². The van der Waals surface area contributed by atoms with E-state index in [9.17, 15) is 18.4 Å². The maximum absolute atomic E-state index is 13.9. The highest BCUT2D eigenvalue weighted by Gasteiger charge is 2.21. The SMILES string of the molecule is CC(=O)c1ccc(N2CCN(CC(=O)N[C@@H](C)c3ccc(F)cc3F)CC2)cc1. The molecule has 1 N–H and O–H groups in total. The van der Waals surface area contributed by atoms with Gasteiger partial charge in [-0.25, -0.2) is 8.78 Å². The summed E-state index contributed by atoms with van der Waals surface area (Å²) in [6.45, 7) is 6.44. The summed E-state index contributed by atoms with van der Waals surface area (Å²) in [6.07, 6.45) is 0. The third-order valence-electron chi connectivity index (χ3n) is 5.18. The number of halogens is 2. The molecule has 0 aliphatic carbocycles. The lowest BCUT2D eigenvalue weighted by atomic mass is 10.1. The first-order valence-corrected chi connectivity index (χ1v) is 9.66. The number of nitrogens with zero attached hydrogens (tertiary/aromatic N) is 2. The molecule has 29 heavy (non-hydrogen) atoms. The summed E-state index contributed by atoms with van der Waals surface area (Å²) in [5, 5.41) is 2.77. The lowest BCUT2D eigenvalue weighted by Crippen LogP contribution is -2.49. The van der Waals surface area contributed by atoms with Gasteiger partial charge in [0.15, 0.2) is 5.78 Å². The molecular formula is C22H25F2N3O2. The molecule has 5 nitrogen and oxygen atoms in total. The first kappa shape index (κ1) is 20.9. The molecule has 1 heterocycles. The fourth-order valence-electron chi connectivity index (χ4n) is 3.49. The topological polar surface area (TPSA) is 52.7 Å². The Morgan fingerprint density at radius 2 is 1.69 bits per heavy atom. The van der Waals surface area contributed by atoms with E-state index in [0.717, 1.165) is 37.9 Å². The molecular weight excluding hydrogens is 376 g/mol. The van der Waals surface area contributed by atoms with Gasteiger partial charge in [0.05, 0.1) is 12.6 Å². The number of nitrogens with one attached hydrogen (secondary N) is 1. The summed E-state index contributed by atoms with van der Waals surface area (Å²) in [6, 6.07) is 10.4. The summed E-state index contributed by atoms with van der Waals surface area (Å²) in [5.41, 5.74) is 2.01. The van der Waals surface area contributed by atoms with Crippen LogP contribution in [0.15, 0.2) is 42.5 Å². The number of hydrogen-bond donors (Lipinski definition) is 1. The van der Waals surface area contributed by atoms with E-state index in [2.05, 4.69) is 10.2 Å². The molecule has 154 valence electrons. The molecule has 0 aromatic heterocycles. The zero-order valence-corrected chi connectivity index (χ0v) is 16.6. The minimum Gasteiger partial charge on any atom is -0.369 e. The van der Waals surface area contributed by atoms with Crippen molar-refractivity contribution in [1.82, 2.24) is 10.2 Å². The molecule has 1 aliphatic rings. The van der Waals surface area contributed by atoms with Crippen LogP contribution in [0.3, 0.4) is 0 Å². The molecule has 1 atom stereocenters. The smallest absolute Gasteiger partial charge is 0.234 e. The lowest BCUT2D eigenvalue weighted by Gasteiger charge is -2.36. The Kier molecular flexibility index (Phi) is 6.59. The van der Waals surface area contributed by atoms with Crippen LogP contribution in [0.25, 0.3) is 0 Å². The number of anilines is 1. The van der Waals surface area contributed by atoms with Crippen molar-refractivity contribution in [2.24, 2.45) is 0 Å². The van der Waals surface area contributed by atoms with Crippen molar-refractivity contribution in [3.63, 3.8) is 0 Å². The van der Waals surface area contributed by atoms with E-state index in [1.807, 2.05) is 29.2 Å². The number of benzene rings is 2. The molecule has 0 unspecified atom stereocenters. The van der Waals surface area contributed by atoms with Gasteiger partial charge < -0.3 is 10.2 Å². The van der Waals surface area contributed by atoms with Crippen LogP contribution in [0.5, 0.6) is 0 Å². The first-order valence-electron chi connectivity index (χ1n) is 9.66. The normalized spacial score (nSPS) is 15.8. The largest absolute Gasteiger partial charge is 0.369 e. The summed E-state index contributed by atoms with van der Waals surface area (Å²) in [5.74, 6) is -1.46. The van der Waals surface area contributed by atoms with Gasteiger partial charge in [-0.15, -0.1) is 0 Å². The number of Topliss-reactive ketones (excluding diaryl/α,β-unsaturated/α-hetero) is 1. The number of rotatable bonds is 6. The summed E-state index contributed by atoms with van der Waals surface area (Å²) in [7, 11) is 0. The fraction of sp³-hybridized carbons (Fsp3) is 0.364. The molecule has 0 spiro atoms. The third-order valence-corrected chi connectivity index (χ3v) is 5.18. The Balaban J connectivity index is 1.48. The Bertz CT molecular complexity index is 878. The quantitative estimate of drug-likeness (QED) is 0.756. The molecule has 3 rings (SSSR count). The fourth-order valence-corrected chi connectivity index (χ4v) is 3.49. The maximum atomic E-state index is 13.9. The molecule has 1 aliphatic heterocycles. The number of piperazine rings is 1. The summed E-state index contributed by atoms with van der Waals surface area (Å²) < 4.78 is 26.9. The summed E-state index contributed by atoms with van der Waals surface area (Å²) >= 11 is 0. The predicted molar refractivity (Wildman–Crippen MR) is 108 cm³/mol. The van der Waals surface area contributed by atoms with Gasteiger partial charge in [-0.05, 0) is 44.2 Å². The number of carbonyl (C=O) groups is 2. The van der Waals surface area contributed by atoms with Crippen LogP contribution in [0.2, 0.25) is 0 Å². The Morgan fingerprint density at radius 3 is 2.28 bits per heavy atom. The predicted octanol–water partition coefficient (Wildman–Crippen LogP) is 3.17. The third kappa shape index (κ3) is 5.38. The van der Waals surface area contributed by atoms with Crippen LogP contribution < -0.4 is 10.2 Å². The van der Waals surface area contributed by atoms with Gasteiger partial charge in [0, 0.05) is 49.1 Å². The van der Waals surface area contributed by atoms with Crippen molar-refractivity contribution in [1.29, 1.82) is 0 Å². The van der Waals surface area contributed by atoms with E-state index in [1.54, 1.807) is 13.8 Å². The van der Waals surface area contributed by atoms with E-state index in [0.29, 0.717) is 5.56 Å². The van der Waals surface area contributed by atoms with Crippen LogP contribution in [0.4, 0.5) is 14.5 Å². The van der Waals surface area contributed by atoms with Crippen molar-refractivity contribution in [2.75, 3.05) is 37.6 Å². The summed E-state index contributed by atoms with van der Waals surface area (Å²) in [4.78, 5) is 28.0. The Morgan fingerprint density at radius 1 is 1.03 bits per heavy atom. The molecule has 1 amide bonds. The number of ketones is 1. The Hall–Kier alpha value is -2.80. The van der Waals surface area contributed by atoms with Gasteiger partial charge in [-0.2, -0.15) is 0 Å². The molecule has 2 aromatic carbocycles. The van der Waals surface area contributed by atoms with Crippen LogP contribution in [-0.2, 0) is 4.79 Å². The van der Waals surface area contributed by atoms with Crippen LogP contribution in [-0.4, -0.2) is 49.3 Å². The highest BCUT2D eigenvalue weighted by Crippen LogP contribution is 2.19. The number of amides is 1. The van der Waals surface area contributed by atoms with Crippen LogP contribution >= 0.6 is 0 Å². The highest BCUT2D eigenvalue weighted by molar-refractivity contribution is 5.94. The van der Waals surface area contributed by atoms with Crippen molar-refractivity contribution >= 4 is 17.4 Å². The lowest BCUT2D eigenvalue weighted by molar-refractivity contribution is -0.123. The van der Waals surface area contributed by atoms with Crippen molar-refractivity contribution in [3.8, 4) is 0 Å². The van der Waals surface area contributed by atoms with Crippen molar-refractivity contribution < 1.29 is 18.4 Å². The van der Waals surface area contributed by atoms with Gasteiger partial charge in [0.1, 0.15) is 11.6 Å². The second-order valence-corrected chi connectivity index (χ2v) is 7.32. The molecule has 2 aromatic rings. The first-order chi connectivity index (χ1) is 13.8. The van der Waals surface area contributed by atoms with Gasteiger partial charge in [0.25, 0.3) is 0 Å². The van der Waals surface area contributed by atoms with E-state index >= 15 is 0 Å². The van der Waals surface area contributed by atoms with Crippen molar-refractivity contribution in [2.45, 2.75) is 19.9 Å². The molecule has 0 saturated carbocycles. The van der Waals surface area contributed by atoms with E-state index in [1.165, 1.54) is 12.1 Å². The minimum atomic E-state index is -0.665. The van der Waals surface area contributed by atoms with Gasteiger partial charge >= 0.3 is 0 Å². The monoisotopic (exact) mass is 401 g/mol. The molecule has 0 bridgehead atoms. The second kappa shape index (κ2) is 9.13.